The molecule has 0 aliphatic heterocycles. The normalized spacial score (nSPS) is 23.1. The van der Waals surface area contributed by atoms with Gasteiger partial charge in [0.05, 0.1) is 10.9 Å². The summed E-state index contributed by atoms with van der Waals surface area (Å²) in [5.41, 5.74) is 0.593. The van der Waals surface area contributed by atoms with Crippen LogP contribution in [-0.4, -0.2) is 41.7 Å². The maximum Gasteiger partial charge on any atom is 0.501 e. The van der Waals surface area contributed by atoms with Crippen LogP contribution in [-0.2, 0) is 9.84 Å². The fourth-order valence-electron chi connectivity index (χ4n) is 5.19. The molecular weight excluding hydrogens is 495 g/mol. The molecule has 3 saturated carbocycles. The number of rotatable bonds is 9. The van der Waals surface area contributed by atoms with E-state index in [1.165, 1.54) is 37.8 Å². The summed E-state index contributed by atoms with van der Waals surface area (Å²) in [5, 5.41) is 11.3. The third kappa shape index (κ3) is 5.24. The predicted octanol–water partition coefficient (Wildman–Crippen LogP) is 4.28. The zero-order valence-corrected chi connectivity index (χ0v) is 20.5. The van der Waals surface area contributed by atoms with E-state index in [9.17, 15) is 26.4 Å². The Morgan fingerprint density at radius 3 is 2.08 bits per heavy atom. The number of anilines is 2. The molecule has 0 spiro atoms. The van der Waals surface area contributed by atoms with E-state index in [0.29, 0.717) is 12.1 Å². The smallest absolute Gasteiger partial charge is 0.365 e. The minimum absolute atomic E-state index is 0.108. The van der Waals surface area contributed by atoms with E-state index in [1.54, 1.807) is 10.9 Å². The number of carbonyl (C=O) groups excluding carboxylic acids is 1. The standard InChI is InChI=1S/C24H30F3N5O3S/c25-24(26,27)36(34,35)19-11-7-17(8-12-19)30-23-20(22(28)33)13-32(31-23)18-9-5-16(6-10-18)29-21(14-1-2-14)15-3-4-15/h7-8,11-16,18,21,29H,1-6,9-10H2,(H2,28,33)(H,30,31). The maximum atomic E-state index is 12.8. The number of hydrogen-bond acceptors (Lipinski definition) is 6. The van der Waals surface area contributed by atoms with Crippen LogP contribution in [0, 0.1) is 11.8 Å². The highest BCUT2D eigenvalue weighted by Gasteiger charge is 2.47. The third-order valence-corrected chi connectivity index (χ3v) is 8.99. The largest absolute Gasteiger partial charge is 0.501 e. The van der Waals surface area contributed by atoms with E-state index < -0.39 is 26.1 Å². The van der Waals surface area contributed by atoms with Gasteiger partial charge in [-0.25, -0.2) is 8.42 Å². The van der Waals surface area contributed by atoms with E-state index in [-0.39, 0.29) is 23.1 Å². The Hall–Kier alpha value is -2.60. The van der Waals surface area contributed by atoms with Crippen LogP contribution >= 0.6 is 0 Å². The Labute approximate surface area is 207 Å². The second kappa shape index (κ2) is 9.37. The van der Waals surface area contributed by atoms with E-state index in [4.69, 9.17) is 5.73 Å². The number of primary amides is 1. The van der Waals surface area contributed by atoms with Crippen LogP contribution in [0.4, 0.5) is 24.7 Å². The highest BCUT2D eigenvalue weighted by atomic mass is 32.2. The molecule has 3 aliphatic carbocycles. The quantitative estimate of drug-likeness (QED) is 0.450. The molecule has 36 heavy (non-hydrogen) atoms. The van der Waals surface area contributed by atoms with Crippen molar-refractivity contribution in [3.63, 3.8) is 0 Å². The predicted molar refractivity (Wildman–Crippen MR) is 127 cm³/mol. The molecule has 8 nitrogen and oxygen atoms in total. The van der Waals surface area contributed by atoms with Gasteiger partial charge >= 0.3 is 5.51 Å². The zero-order chi connectivity index (χ0) is 25.7. The number of halogens is 3. The molecule has 3 fully saturated rings. The highest BCUT2D eigenvalue weighted by molar-refractivity contribution is 7.92. The summed E-state index contributed by atoms with van der Waals surface area (Å²) in [6.07, 6.45) is 10.8. The average Bonchev–Trinajstić information content (AvgIpc) is 3.76. The summed E-state index contributed by atoms with van der Waals surface area (Å²) in [4.78, 5) is 11.2. The van der Waals surface area contributed by atoms with Crippen molar-refractivity contribution in [2.45, 2.75) is 79.9 Å². The third-order valence-electron chi connectivity index (χ3n) is 7.49. The number of nitrogens with zero attached hydrogens (tertiary/aromatic N) is 2. The number of benzene rings is 1. The first kappa shape index (κ1) is 25.1. The second-order valence-corrected chi connectivity index (χ2v) is 12.1. The van der Waals surface area contributed by atoms with Crippen molar-refractivity contribution in [1.29, 1.82) is 0 Å². The number of nitrogens with one attached hydrogen (secondary N) is 2. The minimum atomic E-state index is -5.44. The van der Waals surface area contributed by atoms with Crippen molar-refractivity contribution in [2.24, 2.45) is 17.6 Å². The monoisotopic (exact) mass is 525 g/mol. The second-order valence-electron chi connectivity index (χ2n) is 10.2. The van der Waals surface area contributed by atoms with Gasteiger partial charge in [0.1, 0.15) is 5.56 Å². The number of sulfone groups is 1. The van der Waals surface area contributed by atoms with Gasteiger partial charge in [0, 0.05) is 24.0 Å². The number of alkyl halides is 3. The van der Waals surface area contributed by atoms with Crippen LogP contribution in [0.1, 0.15) is 67.8 Å². The number of nitrogens with two attached hydrogens (primary N) is 1. The Balaban J connectivity index is 1.24. The molecular formula is C24H30F3N5O3S. The van der Waals surface area contributed by atoms with Crippen molar-refractivity contribution in [3.8, 4) is 0 Å². The number of amides is 1. The minimum Gasteiger partial charge on any atom is -0.365 e. The molecule has 4 N–H and O–H groups in total. The van der Waals surface area contributed by atoms with E-state index in [1.807, 2.05) is 0 Å². The van der Waals surface area contributed by atoms with Crippen molar-refractivity contribution < 1.29 is 26.4 Å². The van der Waals surface area contributed by atoms with E-state index >= 15 is 0 Å². The molecule has 2 aromatic rings. The summed E-state index contributed by atoms with van der Waals surface area (Å²) in [7, 11) is -5.44. The Morgan fingerprint density at radius 1 is 1.00 bits per heavy atom. The van der Waals surface area contributed by atoms with Crippen LogP contribution in [0.2, 0.25) is 0 Å². The van der Waals surface area contributed by atoms with E-state index in [0.717, 1.165) is 49.7 Å². The topological polar surface area (TPSA) is 119 Å². The van der Waals surface area contributed by atoms with Gasteiger partial charge in [0.15, 0.2) is 5.82 Å². The fourth-order valence-corrected chi connectivity index (χ4v) is 5.95. The number of aromatic nitrogens is 2. The van der Waals surface area contributed by atoms with Gasteiger partial charge in [-0.15, -0.1) is 0 Å². The lowest BCUT2D eigenvalue weighted by atomic mass is 9.90. The molecule has 196 valence electrons. The molecule has 0 saturated heterocycles. The first-order valence-electron chi connectivity index (χ1n) is 12.4. The SMILES string of the molecule is NC(=O)c1cn(C2CCC(NC(C3CC3)C3CC3)CC2)nc1Nc1ccc(S(=O)(=O)C(F)(F)F)cc1. The molecule has 0 radical (unpaired) electrons. The molecule has 12 heteroatoms. The molecule has 1 aromatic carbocycles. The summed E-state index contributed by atoms with van der Waals surface area (Å²) in [6.45, 7) is 0. The first-order valence-corrected chi connectivity index (χ1v) is 13.8. The van der Waals surface area contributed by atoms with Crippen LogP contribution in [0.5, 0.6) is 0 Å². The molecule has 0 atom stereocenters. The van der Waals surface area contributed by atoms with Gasteiger partial charge in [0.2, 0.25) is 0 Å². The van der Waals surface area contributed by atoms with Gasteiger partial charge in [-0.1, -0.05) is 0 Å². The first-order chi connectivity index (χ1) is 17.0. The lowest BCUT2D eigenvalue weighted by Gasteiger charge is -2.32. The van der Waals surface area contributed by atoms with Crippen molar-refractivity contribution in [1.82, 2.24) is 15.1 Å². The van der Waals surface area contributed by atoms with E-state index in [2.05, 4.69) is 15.7 Å². The van der Waals surface area contributed by atoms with Crippen molar-refractivity contribution >= 4 is 27.2 Å². The van der Waals surface area contributed by atoms with Gasteiger partial charge in [0.25, 0.3) is 15.7 Å². The molecule has 3 aliphatic rings. The van der Waals surface area contributed by atoms with Gasteiger partial charge in [-0.2, -0.15) is 18.3 Å². The van der Waals surface area contributed by atoms with Crippen LogP contribution in [0.25, 0.3) is 0 Å². The summed E-state index contributed by atoms with van der Waals surface area (Å²) < 4.78 is 63.2. The van der Waals surface area contributed by atoms with Gasteiger partial charge in [-0.05, 0) is 87.5 Å². The lowest BCUT2D eigenvalue weighted by Crippen LogP contribution is -2.43. The van der Waals surface area contributed by atoms with Gasteiger partial charge in [-0.3, -0.25) is 9.48 Å². The summed E-state index contributed by atoms with van der Waals surface area (Å²) in [5.74, 6) is 1.18. The van der Waals surface area contributed by atoms with Crippen LogP contribution in [0.15, 0.2) is 35.4 Å². The lowest BCUT2D eigenvalue weighted by molar-refractivity contribution is -0.0436. The average molecular weight is 526 g/mol. The Kier molecular flexibility index (Phi) is 6.52. The fraction of sp³-hybridized carbons (Fsp3) is 0.583. The maximum absolute atomic E-state index is 12.8. The summed E-state index contributed by atoms with van der Waals surface area (Å²) in [6, 6.07) is 5.35. The Morgan fingerprint density at radius 2 is 1.58 bits per heavy atom. The van der Waals surface area contributed by atoms with Crippen LogP contribution < -0.4 is 16.4 Å². The van der Waals surface area contributed by atoms with Crippen molar-refractivity contribution in [2.75, 3.05) is 5.32 Å². The highest BCUT2D eigenvalue weighted by Crippen LogP contribution is 2.45. The molecule has 0 bridgehead atoms. The van der Waals surface area contributed by atoms with Gasteiger partial charge < -0.3 is 16.4 Å². The zero-order valence-electron chi connectivity index (χ0n) is 19.7. The Bertz CT molecular complexity index is 1200. The molecule has 1 amide bonds. The molecule has 1 heterocycles. The number of carbonyl (C=O) groups is 1. The molecule has 0 unspecified atom stereocenters. The summed E-state index contributed by atoms with van der Waals surface area (Å²) >= 11 is 0. The molecule has 5 rings (SSSR count). The van der Waals surface area contributed by atoms with Crippen molar-refractivity contribution in [3.05, 3.63) is 36.0 Å². The number of hydrogen-bond donors (Lipinski definition) is 3. The van der Waals surface area contributed by atoms with Crippen LogP contribution in [0.3, 0.4) is 0 Å². The molecule has 1 aromatic heterocycles.